The Kier molecular flexibility index (Phi) is 3.42. The smallest absolute Gasteiger partial charge is 0.00682 e. The molecule has 0 saturated heterocycles. The van der Waals surface area contributed by atoms with Crippen LogP contribution in [-0.2, 0) is 6.42 Å². The second-order valence-corrected chi connectivity index (χ2v) is 4.76. The molecule has 0 spiro atoms. The molecule has 1 fully saturated rings. The van der Waals surface area contributed by atoms with Crippen molar-refractivity contribution in [2.24, 2.45) is 0 Å². The summed E-state index contributed by atoms with van der Waals surface area (Å²) in [6.45, 7) is 5.56. The molecular formula is C14H21N. The maximum Gasteiger partial charge on any atom is 0.00682 e. The van der Waals surface area contributed by atoms with E-state index in [1.807, 2.05) is 0 Å². The summed E-state index contributed by atoms with van der Waals surface area (Å²) < 4.78 is 0. The Balaban J connectivity index is 1.76. The van der Waals surface area contributed by atoms with Crippen LogP contribution in [0.3, 0.4) is 0 Å². The lowest BCUT2D eigenvalue weighted by Crippen LogP contribution is -2.17. The van der Waals surface area contributed by atoms with E-state index in [-0.39, 0.29) is 0 Å². The van der Waals surface area contributed by atoms with Crippen LogP contribution in [-0.4, -0.2) is 12.6 Å². The Bertz CT molecular complexity index is 326. The number of aryl methyl sites for hydroxylation is 3. The highest BCUT2D eigenvalue weighted by Crippen LogP contribution is 2.18. The fraction of sp³-hybridized carbons (Fsp3) is 0.571. The van der Waals surface area contributed by atoms with Crippen LogP contribution in [0.1, 0.15) is 36.0 Å². The molecule has 1 saturated carbocycles. The van der Waals surface area contributed by atoms with Gasteiger partial charge in [-0.2, -0.15) is 0 Å². The molecule has 1 heteroatoms. The number of nitrogens with one attached hydrogen (secondary N) is 1. The lowest BCUT2D eigenvalue weighted by molar-refractivity contribution is 0.645. The summed E-state index contributed by atoms with van der Waals surface area (Å²) in [5.41, 5.74) is 4.33. The van der Waals surface area contributed by atoms with Crippen LogP contribution >= 0.6 is 0 Å². The van der Waals surface area contributed by atoms with E-state index in [9.17, 15) is 0 Å². The van der Waals surface area contributed by atoms with Crippen molar-refractivity contribution in [3.8, 4) is 0 Å². The van der Waals surface area contributed by atoms with Gasteiger partial charge in [0.2, 0.25) is 0 Å². The molecule has 1 nitrogen and oxygen atoms in total. The highest BCUT2D eigenvalue weighted by molar-refractivity contribution is 5.30. The summed E-state index contributed by atoms with van der Waals surface area (Å²) in [7, 11) is 0. The van der Waals surface area contributed by atoms with Crippen molar-refractivity contribution in [2.75, 3.05) is 6.54 Å². The van der Waals surface area contributed by atoms with Crippen molar-refractivity contribution in [1.82, 2.24) is 5.32 Å². The number of hydrogen-bond donors (Lipinski definition) is 1. The summed E-state index contributed by atoms with van der Waals surface area (Å²) in [4.78, 5) is 0. The molecule has 0 bridgehead atoms. The third kappa shape index (κ3) is 3.35. The van der Waals surface area contributed by atoms with Crippen molar-refractivity contribution in [2.45, 2.75) is 45.6 Å². The predicted molar refractivity (Wildman–Crippen MR) is 65.3 cm³/mol. The van der Waals surface area contributed by atoms with Gasteiger partial charge >= 0.3 is 0 Å². The topological polar surface area (TPSA) is 12.0 Å². The third-order valence-electron chi connectivity index (χ3n) is 3.13. The first-order chi connectivity index (χ1) is 7.25. The molecule has 1 aliphatic carbocycles. The minimum Gasteiger partial charge on any atom is -0.314 e. The Morgan fingerprint density at radius 1 is 1.27 bits per heavy atom. The lowest BCUT2D eigenvalue weighted by Gasteiger charge is -2.07. The first-order valence-electron chi connectivity index (χ1n) is 6.05. The van der Waals surface area contributed by atoms with Gasteiger partial charge in [-0.1, -0.05) is 23.8 Å². The highest BCUT2D eigenvalue weighted by atomic mass is 14.9. The van der Waals surface area contributed by atoms with Gasteiger partial charge in [-0.15, -0.1) is 0 Å². The molecule has 1 aromatic carbocycles. The zero-order valence-electron chi connectivity index (χ0n) is 9.84. The van der Waals surface area contributed by atoms with Crippen LogP contribution in [0.2, 0.25) is 0 Å². The predicted octanol–water partition coefficient (Wildman–Crippen LogP) is 2.99. The number of hydrogen-bond acceptors (Lipinski definition) is 1. The van der Waals surface area contributed by atoms with Crippen LogP contribution in [0.25, 0.3) is 0 Å². The normalized spacial score (nSPS) is 15.6. The van der Waals surface area contributed by atoms with Gasteiger partial charge in [-0.25, -0.2) is 0 Å². The van der Waals surface area contributed by atoms with Crippen molar-refractivity contribution in [3.05, 3.63) is 34.9 Å². The van der Waals surface area contributed by atoms with E-state index >= 15 is 0 Å². The third-order valence-corrected chi connectivity index (χ3v) is 3.13. The molecule has 1 aliphatic rings. The molecule has 0 unspecified atom stereocenters. The van der Waals surface area contributed by atoms with E-state index in [2.05, 4.69) is 37.4 Å². The molecular weight excluding hydrogens is 182 g/mol. The maximum atomic E-state index is 3.56. The molecule has 0 amide bonds. The van der Waals surface area contributed by atoms with E-state index in [1.165, 1.54) is 48.9 Å². The number of benzene rings is 1. The first kappa shape index (κ1) is 10.7. The van der Waals surface area contributed by atoms with Crippen molar-refractivity contribution < 1.29 is 0 Å². The van der Waals surface area contributed by atoms with Crippen LogP contribution in [0.15, 0.2) is 18.2 Å². The molecule has 82 valence electrons. The van der Waals surface area contributed by atoms with Gasteiger partial charge in [-0.05, 0) is 57.2 Å². The molecule has 15 heavy (non-hydrogen) atoms. The van der Waals surface area contributed by atoms with Gasteiger partial charge in [0, 0.05) is 6.04 Å². The van der Waals surface area contributed by atoms with Gasteiger partial charge in [0.25, 0.3) is 0 Å². The number of rotatable bonds is 5. The second kappa shape index (κ2) is 4.80. The summed E-state index contributed by atoms with van der Waals surface area (Å²) in [6, 6.07) is 7.63. The average molecular weight is 203 g/mol. The molecule has 2 rings (SSSR count). The van der Waals surface area contributed by atoms with Crippen LogP contribution in [0.5, 0.6) is 0 Å². The molecule has 0 radical (unpaired) electrons. The standard InChI is InChI=1S/C14H21N/c1-11-5-6-13(12(2)10-11)4-3-9-15-14-7-8-14/h5-6,10,14-15H,3-4,7-9H2,1-2H3. The van der Waals surface area contributed by atoms with Gasteiger partial charge in [0.15, 0.2) is 0 Å². The first-order valence-corrected chi connectivity index (χ1v) is 6.05. The molecule has 1 aromatic rings. The average Bonchev–Trinajstić information content (AvgIpc) is 2.99. The zero-order chi connectivity index (χ0) is 10.7. The second-order valence-electron chi connectivity index (χ2n) is 4.76. The van der Waals surface area contributed by atoms with E-state index in [1.54, 1.807) is 0 Å². The monoisotopic (exact) mass is 203 g/mol. The summed E-state index contributed by atoms with van der Waals surface area (Å²) >= 11 is 0. The molecule has 0 aromatic heterocycles. The molecule has 0 atom stereocenters. The fourth-order valence-corrected chi connectivity index (χ4v) is 2.00. The van der Waals surface area contributed by atoms with Crippen LogP contribution in [0, 0.1) is 13.8 Å². The van der Waals surface area contributed by atoms with Crippen molar-refractivity contribution >= 4 is 0 Å². The molecule has 0 heterocycles. The highest BCUT2D eigenvalue weighted by Gasteiger charge is 2.19. The Morgan fingerprint density at radius 3 is 2.73 bits per heavy atom. The van der Waals surface area contributed by atoms with E-state index < -0.39 is 0 Å². The van der Waals surface area contributed by atoms with E-state index in [4.69, 9.17) is 0 Å². The van der Waals surface area contributed by atoms with Crippen molar-refractivity contribution in [1.29, 1.82) is 0 Å². The summed E-state index contributed by atoms with van der Waals surface area (Å²) in [6.07, 6.45) is 5.26. The van der Waals surface area contributed by atoms with E-state index in [0.29, 0.717) is 0 Å². The minimum absolute atomic E-state index is 0.851. The van der Waals surface area contributed by atoms with Crippen LogP contribution < -0.4 is 5.32 Å². The van der Waals surface area contributed by atoms with Crippen LogP contribution in [0.4, 0.5) is 0 Å². The van der Waals surface area contributed by atoms with Gasteiger partial charge in [0.05, 0.1) is 0 Å². The largest absolute Gasteiger partial charge is 0.314 e. The quantitative estimate of drug-likeness (QED) is 0.725. The van der Waals surface area contributed by atoms with Crippen molar-refractivity contribution in [3.63, 3.8) is 0 Å². The summed E-state index contributed by atoms with van der Waals surface area (Å²) in [5.74, 6) is 0. The maximum absolute atomic E-state index is 3.56. The Morgan fingerprint density at radius 2 is 2.07 bits per heavy atom. The Labute approximate surface area is 92.9 Å². The molecule has 1 N–H and O–H groups in total. The van der Waals surface area contributed by atoms with E-state index in [0.717, 1.165) is 6.04 Å². The minimum atomic E-state index is 0.851. The van der Waals surface area contributed by atoms with Gasteiger partial charge in [-0.3, -0.25) is 0 Å². The fourth-order valence-electron chi connectivity index (χ4n) is 2.00. The Hall–Kier alpha value is -0.820. The molecule has 0 aliphatic heterocycles. The van der Waals surface area contributed by atoms with Gasteiger partial charge < -0.3 is 5.32 Å². The summed E-state index contributed by atoms with van der Waals surface area (Å²) in [5, 5.41) is 3.56. The lowest BCUT2D eigenvalue weighted by atomic mass is 10.0. The van der Waals surface area contributed by atoms with Gasteiger partial charge in [0.1, 0.15) is 0 Å². The zero-order valence-corrected chi connectivity index (χ0v) is 9.84. The SMILES string of the molecule is Cc1ccc(CCCNC2CC2)c(C)c1.